The van der Waals surface area contributed by atoms with Gasteiger partial charge >= 0.3 is 11.9 Å². The maximum atomic E-state index is 12.2. The first kappa shape index (κ1) is 18.3. The number of esters is 2. The van der Waals surface area contributed by atoms with Crippen LogP contribution in [0.3, 0.4) is 0 Å². The van der Waals surface area contributed by atoms with Crippen LogP contribution < -0.4 is 0 Å². The Hall–Kier alpha value is -1.79. The number of carbonyl (C=O) groups is 2. The lowest BCUT2D eigenvalue weighted by atomic mass is 10.1. The third-order valence-corrected chi connectivity index (χ3v) is 3.50. The van der Waals surface area contributed by atoms with E-state index < -0.39 is 23.7 Å². The van der Waals surface area contributed by atoms with Crippen LogP contribution in [-0.4, -0.2) is 54.2 Å². The van der Waals surface area contributed by atoms with Crippen molar-refractivity contribution in [1.29, 1.82) is 0 Å². The van der Waals surface area contributed by atoms with Crippen LogP contribution in [0.1, 0.15) is 40.5 Å². The van der Waals surface area contributed by atoms with Gasteiger partial charge in [0.2, 0.25) is 0 Å². The van der Waals surface area contributed by atoms with Crippen molar-refractivity contribution in [1.82, 2.24) is 4.90 Å². The van der Waals surface area contributed by atoms with Crippen molar-refractivity contribution >= 4 is 11.9 Å². The minimum atomic E-state index is -0.956. The second kappa shape index (κ2) is 7.47. The maximum absolute atomic E-state index is 12.2. The fraction of sp³-hybridized carbons (Fsp3) is 0.857. The number of hydrogen-bond acceptors (Lipinski definition) is 6. The maximum Gasteiger partial charge on any atom is 0.323 e. The van der Waals surface area contributed by atoms with E-state index >= 15 is 0 Å². The van der Waals surface area contributed by atoms with E-state index in [9.17, 15) is 9.59 Å². The summed E-state index contributed by atoms with van der Waals surface area (Å²) in [6.45, 7) is 7.31. The molecule has 0 aliphatic carbocycles. The van der Waals surface area contributed by atoms with Crippen molar-refractivity contribution in [3.8, 4) is 0 Å². The highest BCUT2D eigenvalue weighted by Crippen LogP contribution is 2.28. The minimum Gasteiger partial charge on any atom is -0.466 e. The Labute approximate surface area is 130 Å². The molecular formula is C14H24N4O4. The molecule has 22 heavy (non-hydrogen) atoms. The topological polar surface area (TPSA) is 105 Å². The van der Waals surface area contributed by atoms with Gasteiger partial charge in [0.15, 0.2) is 6.04 Å². The number of carbonyl (C=O) groups excluding carboxylic acids is 2. The van der Waals surface area contributed by atoms with Gasteiger partial charge in [-0.3, -0.25) is 14.5 Å². The Morgan fingerprint density at radius 2 is 2.05 bits per heavy atom. The molecule has 0 aromatic rings. The number of nitrogens with zero attached hydrogens (tertiary/aromatic N) is 4. The molecule has 1 heterocycles. The van der Waals surface area contributed by atoms with Gasteiger partial charge in [0.25, 0.3) is 0 Å². The molecule has 0 saturated carbocycles. The quantitative estimate of drug-likeness (QED) is 0.334. The molecule has 0 N–H and O–H groups in total. The average Bonchev–Trinajstić information content (AvgIpc) is 2.76. The van der Waals surface area contributed by atoms with Crippen LogP contribution in [0.4, 0.5) is 0 Å². The summed E-state index contributed by atoms with van der Waals surface area (Å²) in [5.74, 6) is -0.900. The monoisotopic (exact) mass is 312 g/mol. The van der Waals surface area contributed by atoms with E-state index in [1.165, 1.54) is 0 Å². The van der Waals surface area contributed by atoms with Gasteiger partial charge in [-0.25, -0.2) is 0 Å². The van der Waals surface area contributed by atoms with Crippen molar-refractivity contribution in [2.45, 2.75) is 64.3 Å². The summed E-state index contributed by atoms with van der Waals surface area (Å²) in [5, 5.41) is 3.56. The summed E-state index contributed by atoms with van der Waals surface area (Å²) in [7, 11) is 1.73. The highest BCUT2D eigenvalue weighted by molar-refractivity contribution is 5.79. The summed E-state index contributed by atoms with van der Waals surface area (Å²) < 4.78 is 10.3. The van der Waals surface area contributed by atoms with E-state index in [1.54, 1.807) is 39.6 Å². The molecule has 0 spiro atoms. The normalized spacial score (nSPS) is 23.5. The van der Waals surface area contributed by atoms with Crippen molar-refractivity contribution in [2.75, 3.05) is 13.7 Å². The molecule has 0 bridgehead atoms. The summed E-state index contributed by atoms with van der Waals surface area (Å²) in [6.07, 6.45) is 1.11. The van der Waals surface area contributed by atoms with E-state index in [0.717, 1.165) is 0 Å². The van der Waals surface area contributed by atoms with Crippen LogP contribution in [0.2, 0.25) is 0 Å². The smallest absolute Gasteiger partial charge is 0.323 e. The first-order chi connectivity index (χ1) is 10.2. The SMILES string of the molecule is CCOC(=O)[C@H](N=[N+]=[N-])[C@@H]1CC[C@H](C(=O)OC(C)(C)C)N1C. The lowest BCUT2D eigenvalue weighted by Crippen LogP contribution is -2.47. The standard InChI is InChI=1S/C14H24N4O4/c1-6-21-13(20)11(16-17-15)9-7-8-10(18(9)5)12(19)22-14(2,3)4/h9-11H,6-8H2,1-5H3/t9-,10+,11+/m0/s1. The predicted molar refractivity (Wildman–Crippen MR) is 80.0 cm³/mol. The zero-order valence-corrected chi connectivity index (χ0v) is 13.8. The van der Waals surface area contributed by atoms with E-state index in [1.807, 2.05) is 0 Å². The minimum absolute atomic E-state index is 0.211. The summed E-state index contributed by atoms with van der Waals surface area (Å²) >= 11 is 0. The molecule has 0 unspecified atom stereocenters. The highest BCUT2D eigenvalue weighted by Gasteiger charge is 2.43. The Kier molecular flexibility index (Phi) is 6.20. The summed E-state index contributed by atoms with van der Waals surface area (Å²) in [4.78, 5) is 28.6. The first-order valence-electron chi connectivity index (χ1n) is 7.37. The van der Waals surface area contributed by atoms with Gasteiger partial charge in [-0.15, -0.1) is 0 Å². The molecule has 0 aromatic heterocycles. The van der Waals surface area contributed by atoms with Crippen LogP contribution in [0, 0.1) is 0 Å². The second-order valence-electron chi connectivity index (χ2n) is 6.26. The molecule has 124 valence electrons. The van der Waals surface area contributed by atoms with Crippen LogP contribution >= 0.6 is 0 Å². The first-order valence-corrected chi connectivity index (χ1v) is 7.37. The molecule has 1 aliphatic rings. The van der Waals surface area contributed by atoms with Gasteiger partial charge in [0, 0.05) is 11.0 Å². The average molecular weight is 312 g/mol. The molecular weight excluding hydrogens is 288 g/mol. The molecule has 3 atom stereocenters. The molecule has 1 aliphatic heterocycles. The van der Waals surface area contributed by atoms with Crippen LogP contribution in [0.25, 0.3) is 10.4 Å². The third kappa shape index (κ3) is 4.61. The summed E-state index contributed by atoms with van der Waals surface area (Å²) in [6, 6.07) is -1.77. The fourth-order valence-corrected chi connectivity index (χ4v) is 2.57. The fourth-order valence-electron chi connectivity index (χ4n) is 2.57. The molecule has 0 radical (unpaired) electrons. The van der Waals surface area contributed by atoms with E-state index in [2.05, 4.69) is 10.0 Å². The number of azide groups is 1. The van der Waals surface area contributed by atoms with E-state index in [4.69, 9.17) is 15.0 Å². The highest BCUT2D eigenvalue weighted by atomic mass is 16.6. The molecule has 8 nitrogen and oxygen atoms in total. The van der Waals surface area contributed by atoms with Gasteiger partial charge in [-0.2, -0.15) is 0 Å². The third-order valence-electron chi connectivity index (χ3n) is 3.50. The van der Waals surface area contributed by atoms with Crippen molar-refractivity contribution in [3.63, 3.8) is 0 Å². The van der Waals surface area contributed by atoms with Crippen LogP contribution in [0.15, 0.2) is 5.11 Å². The lowest BCUT2D eigenvalue weighted by Gasteiger charge is -2.29. The lowest BCUT2D eigenvalue weighted by molar-refractivity contribution is -0.161. The Morgan fingerprint density at radius 3 is 2.55 bits per heavy atom. The zero-order chi connectivity index (χ0) is 16.9. The number of likely N-dealkylation sites (N-methyl/N-ethyl adjacent to an activating group) is 1. The van der Waals surface area contributed by atoms with E-state index in [-0.39, 0.29) is 18.6 Å². The Morgan fingerprint density at radius 1 is 1.41 bits per heavy atom. The predicted octanol–water partition coefficient (Wildman–Crippen LogP) is 2.03. The number of likely N-dealkylation sites (tertiary alicyclic amines) is 1. The summed E-state index contributed by atoms with van der Waals surface area (Å²) in [5.41, 5.74) is 8.10. The number of rotatable bonds is 5. The number of hydrogen-bond donors (Lipinski definition) is 0. The molecule has 1 rings (SSSR count). The Balaban J connectivity index is 2.84. The Bertz CT molecular complexity index is 468. The molecule has 0 aromatic carbocycles. The number of ether oxygens (including phenoxy) is 2. The van der Waals surface area contributed by atoms with Gasteiger partial charge < -0.3 is 9.47 Å². The van der Waals surface area contributed by atoms with Gasteiger partial charge in [0.1, 0.15) is 11.6 Å². The molecule has 8 heteroatoms. The zero-order valence-electron chi connectivity index (χ0n) is 13.8. The largest absolute Gasteiger partial charge is 0.466 e. The van der Waals surface area contributed by atoms with Crippen LogP contribution in [0.5, 0.6) is 0 Å². The van der Waals surface area contributed by atoms with Gasteiger partial charge in [-0.05, 0) is 53.1 Å². The van der Waals surface area contributed by atoms with Crippen LogP contribution in [-0.2, 0) is 19.1 Å². The van der Waals surface area contributed by atoms with E-state index in [0.29, 0.717) is 12.8 Å². The van der Waals surface area contributed by atoms with Crippen molar-refractivity contribution in [3.05, 3.63) is 10.4 Å². The molecule has 1 fully saturated rings. The molecule has 1 saturated heterocycles. The van der Waals surface area contributed by atoms with Gasteiger partial charge in [-0.1, -0.05) is 5.11 Å². The second-order valence-corrected chi connectivity index (χ2v) is 6.26. The van der Waals surface area contributed by atoms with Crippen molar-refractivity contribution in [2.24, 2.45) is 5.11 Å². The molecule has 0 amide bonds. The van der Waals surface area contributed by atoms with Gasteiger partial charge in [0.05, 0.1) is 6.61 Å². The van der Waals surface area contributed by atoms with Crippen molar-refractivity contribution < 1.29 is 19.1 Å².